The van der Waals surface area contributed by atoms with Gasteiger partial charge in [0.1, 0.15) is 0 Å². The van der Waals surface area contributed by atoms with E-state index in [1.165, 1.54) is 5.56 Å². The summed E-state index contributed by atoms with van der Waals surface area (Å²) in [4.78, 5) is 0. The second-order valence-corrected chi connectivity index (χ2v) is 5.39. The van der Waals surface area contributed by atoms with Gasteiger partial charge in [0.2, 0.25) is 0 Å². The SMILES string of the molecule is COC(C)(C)CC(C)CNCc1ccccc1. The van der Waals surface area contributed by atoms with Crippen molar-refractivity contribution < 1.29 is 4.74 Å². The van der Waals surface area contributed by atoms with Crippen molar-refractivity contribution in [3.8, 4) is 0 Å². The zero-order chi connectivity index (χ0) is 12.7. The summed E-state index contributed by atoms with van der Waals surface area (Å²) in [6.07, 6.45) is 1.07. The van der Waals surface area contributed by atoms with Crippen LogP contribution in [0.15, 0.2) is 30.3 Å². The zero-order valence-corrected chi connectivity index (χ0v) is 11.5. The fourth-order valence-corrected chi connectivity index (χ4v) is 2.05. The van der Waals surface area contributed by atoms with Crippen molar-refractivity contribution in [2.75, 3.05) is 13.7 Å². The minimum Gasteiger partial charge on any atom is -0.379 e. The number of hydrogen-bond acceptors (Lipinski definition) is 2. The Morgan fingerprint density at radius 2 is 1.88 bits per heavy atom. The Morgan fingerprint density at radius 1 is 1.24 bits per heavy atom. The van der Waals surface area contributed by atoms with E-state index in [-0.39, 0.29) is 5.60 Å². The van der Waals surface area contributed by atoms with E-state index >= 15 is 0 Å². The van der Waals surface area contributed by atoms with Crippen LogP contribution in [0, 0.1) is 5.92 Å². The van der Waals surface area contributed by atoms with Gasteiger partial charge in [0.25, 0.3) is 0 Å². The molecule has 1 N–H and O–H groups in total. The number of rotatable bonds is 7. The smallest absolute Gasteiger partial charge is 0.0625 e. The molecule has 17 heavy (non-hydrogen) atoms. The third kappa shape index (κ3) is 5.85. The molecule has 96 valence electrons. The minimum absolute atomic E-state index is 0.0200. The van der Waals surface area contributed by atoms with Gasteiger partial charge in [-0.2, -0.15) is 0 Å². The van der Waals surface area contributed by atoms with Crippen LogP contribution < -0.4 is 5.32 Å². The fourth-order valence-electron chi connectivity index (χ4n) is 2.05. The Kier molecular flexibility index (Phi) is 5.66. The van der Waals surface area contributed by atoms with Crippen molar-refractivity contribution in [3.05, 3.63) is 35.9 Å². The van der Waals surface area contributed by atoms with E-state index in [4.69, 9.17) is 4.74 Å². The van der Waals surface area contributed by atoms with E-state index in [2.05, 4.69) is 50.4 Å². The lowest BCUT2D eigenvalue weighted by molar-refractivity contribution is 0.00393. The largest absolute Gasteiger partial charge is 0.379 e. The molecule has 1 aromatic carbocycles. The minimum atomic E-state index is -0.0200. The Hall–Kier alpha value is -0.860. The van der Waals surface area contributed by atoms with Crippen LogP contribution >= 0.6 is 0 Å². The molecule has 0 saturated carbocycles. The summed E-state index contributed by atoms with van der Waals surface area (Å²) < 4.78 is 5.45. The first-order valence-electron chi connectivity index (χ1n) is 6.33. The maximum atomic E-state index is 5.45. The highest BCUT2D eigenvalue weighted by molar-refractivity contribution is 5.14. The lowest BCUT2D eigenvalue weighted by atomic mass is 9.94. The molecular formula is C15H25NO. The van der Waals surface area contributed by atoms with Crippen LogP contribution in [0.4, 0.5) is 0 Å². The Morgan fingerprint density at radius 3 is 2.47 bits per heavy atom. The zero-order valence-electron chi connectivity index (χ0n) is 11.5. The number of methoxy groups -OCH3 is 1. The maximum Gasteiger partial charge on any atom is 0.0625 e. The molecule has 2 heteroatoms. The van der Waals surface area contributed by atoms with Crippen molar-refractivity contribution in [1.82, 2.24) is 5.32 Å². The molecule has 0 aliphatic carbocycles. The topological polar surface area (TPSA) is 21.3 Å². The van der Waals surface area contributed by atoms with Crippen LogP contribution in [-0.4, -0.2) is 19.3 Å². The highest BCUT2D eigenvalue weighted by Crippen LogP contribution is 2.18. The third-order valence-electron chi connectivity index (χ3n) is 3.06. The predicted octanol–water partition coefficient (Wildman–Crippen LogP) is 3.23. The predicted molar refractivity (Wildman–Crippen MR) is 73.0 cm³/mol. The van der Waals surface area contributed by atoms with Gasteiger partial charge in [-0.05, 0) is 38.3 Å². The van der Waals surface area contributed by atoms with E-state index in [1.54, 1.807) is 7.11 Å². The molecule has 1 rings (SSSR count). The second kappa shape index (κ2) is 6.77. The Balaban J connectivity index is 2.23. The molecule has 0 radical (unpaired) electrons. The quantitative estimate of drug-likeness (QED) is 0.783. The van der Waals surface area contributed by atoms with Crippen LogP contribution in [0.5, 0.6) is 0 Å². The van der Waals surface area contributed by atoms with Crippen molar-refractivity contribution in [2.24, 2.45) is 5.92 Å². The normalized spacial score (nSPS) is 13.6. The average molecular weight is 235 g/mol. The van der Waals surface area contributed by atoms with Crippen LogP contribution in [-0.2, 0) is 11.3 Å². The van der Waals surface area contributed by atoms with Crippen molar-refractivity contribution in [2.45, 2.75) is 39.3 Å². The molecule has 1 atom stereocenters. The summed E-state index contributed by atoms with van der Waals surface area (Å²) in [6.45, 7) is 8.51. The standard InChI is InChI=1S/C15H25NO/c1-13(10-15(2,3)17-4)11-16-12-14-8-6-5-7-9-14/h5-9,13,16H,10-12H2,1-4H3. The van der Waals surface area contributed by atoms with E-state index in [9.17, 15) is 0 Å². The molecule has 0 aromatic heterocycles. The summed E-state index contributed by atoms with van der Waals surface area (Å²) in [7, 11) is 1.78. The molecule has 0 heterocycles. The molecule has 0 amide bonds. The molecule has 0 bridgehead atoms. The molecule has 1 unspecified atom stereocenters. The molecule has 0 fully saturated rings. The summed E-state index contributed by atoms with van der Waals surface area (Å²) in [6, 6.07) is 10.5. The highest BCUT2D eigenvalue weighted by Gasteiger charge is 2.19. The second-order valence-electron chi connectivity index (χ2n) is 5.39. The lowest BCUT2D eigenvalue weighted by Crippen LogP contribution is -2.30. The number of ether oxygens (including phenoxy) is 1. The van der Waals surface area contributed by atoms with Gasteiger partial charge >= 0.3 is 0 Å². The van der Waals surface area contributed by atoms with Gasteiger partial charge in [0.05, 0.1) is 5.60 Å². The first-order chi connectivity index (χ1) is 8.03. The van der Waals surface area contributed by atoms with E-state index in [1.807, 2.05) is 6.07 Å². The van der Waals surface area contributed by atoms with E-state index in [0.29, 0.717) is 5.92 Å². The van der Waals surface area contributed by atoms with Crippen molar-refractivity contribution in [3.63, 3.8) is 0 Å². The van der Waals surface area contributed by atoms with Gasteiger partial charge in [-0.1, -0.05) is 37.3 Å². The fraction of sp³-hybridized carbons (Fsp3) is 0.600. The summed E-state index contributed by atoms with van der Waals surface area (Å²) in [5, 5.41) is 3.49. The first kappa shape index (κ1) is 14.2. The number of nitrogens with one attached hydrogen (secondary N) is 1. The van der Waals surface area contributed by atoms with Gasteiger partial charge in [0, 0.05) is 13.7 Å². The van der Waals surface area contributed by atoms with Gasteiger partial charge < -0.3 is 10.1 Å². The third-order valence-corrected chi connectivity index (χ3v) is 3.06. The molecule has 0 saturated heterocycles. The highest BCUT2D eigenvalue weighted by atomic mass is 16.5. The average Bonchev–Trinajstić information content (AvgIpc) is 2.30. The summed E-state index contributed by atoms with van der Waals surface area (Å²) in [5.41, 5.74) is 1.32. The number of hydrogen-bond donors (Lipinski definition) is 1. The van der Waals surface area contributed by atoms with Crippen LogP contribution in [0.2, 0.25) is 0 Å². The Labute approximate surface area is 105 Å². The first-order valence-corrected chi connectivity index (χ1v) is 6.33. The maximum absolute atomic E-state index is 5.45. The summed E-state index contributed by atoms with van der Waals surface area (Å²) >= 11 is 0. The molecule has 2 nitrogen and oxygen atoms in total. The molecule has 0 spiro atoms. The van der Waals surface area contributed by atoms with Crippen LogP contribution in [0.25, 0.3) is 0 Å². The van der Waals surface area contributed by atoms with Crippen molar-refractivity contribution >= 4 is 0 Å². The van der Waals surface area contributed by atoms with Gasteiger partial charge in [-0.25, -0.2) is 0 Å². The van der Waals surface area contributed by atoms with Crippen LogP contribution in [0.3, 0.4) is 0 Å². The summed E-state index contributed by atoms with van der Waals surface area (Å²) in [5.74, 6) is 0.619. The molecule has 1 aromatic rings. The molecular weight excluding hydrogens is 210 g/mol. The van der Waals surface area contributed by atoms with Gasteiger partial charge in [0.15, 0.2) is 0 Å². The van der Waals surface area contributed by atoms with Gasteiger partial charge in [-0.3, -0.25) is 0 Å². The number of benzene rings is 1. The van der Waals surface area contributed by atoms with E-state index in [0.717, 1.165) is 19.5 Å². The van der Waals surface area contributed by atoms with E-state index < -0.39 is 0 Å². The monoisotopic (exact) mass is 235 g/mol. The molecule has 0 aliphatic heterocycles. The van der Waals surface area contributed by atoms with Crippen molar-refractivity contribution in [1.29, 1.82) is 0 Å². The lowest BCUT2D eigenvalue weighted by Gasteiger charge is -2.26. The van der Waals surface area contributed by atoms with Gasteiger partial charge in [-0.15, -0.1) is 0 Å². The Bertz CT molecular complexity index is 308. The van der Waals surface area contributed by atoms with Crippen LogP contribution in [0.1, 0.15) is 32.8 Å². The molecule has 0 aliphatic rings.